The number of nitrogens with zero attached hydrogens (tertiary/aromatic N) is 3. The van der Waals surface area contributed by atoms with Gasteiger partial charge in [0.05, 0.1) is 12.6 Å². The molecule has 0 bridgehead atoms. The molecule has 2 aromatic rings. The zero-order chi connectivity index (χ0) is 16.4. The van der Waals surface area contributed by atoms with Crippen LogP contribution in [0.4, 0.5) is 0 Å². The Bertz CT molecular complexity index is 771. The molecule has 0 saturated carbocycles. The summed E-state index contributed by atoms with van der Waals surface area (Å²) >= 11 is 2.84. The molecular formula is C15H19N3O3S2. The van der Waals surface area contributed by atoms with Crippen molar-refractivity contribution in [2.45, 2.75) is 30.8 Å². The molecule has 6 nitrogen and oxygen atoms in total. The molecule has 3 heterocycles. The number of carbonyl (C=O) groups excluding carboxylic acids is 1. The molecule has 0 radical (unpaired) electrons. The SMILES string of the molecule is CCSc1nc2sccn2c(=O)c1C(=O)N1CCCC1COC. The molecule has 124 valence electrons. The number of ether oxygens (including phenoxy) is 1. The number of thiazole rings is 1. The van der Waals surface area contributed by atoms with E-state index in [0.29, 0.717) is 23.1 Å². The lowest BCUT2D eigenvalue weighted by atomic mass is 10.2. The van der Waals surface area contributed by atoms with Crippen LogP contribution in [-0.4, -0.2) is 52.2 Å². The highest BCUT2D eigenvalue weighted by Gasteiger charge is 2.33. The average molecular weight is 353 g/mol. The number of fused-ring (bicyclic) bond motifs is 1. The van der Waals surface area contributed by atoms with Gasteiger partial charge in [-0.25, -0.2) is 4.98 Å². The van der Waals surface area contributed by atoms with Crippen LogP contribution in [0.25, 0.3) is 4.96 Å². The van der Waals surface area contributed by atoms with E-state index >= 15 is 0 Å². The second-order valence-electron chi connectivity index (χ2n) is 5.34. The predicted octanol–water partition coefficient (Wildman–Crippen LogP) is 2.12. The number of aromatic nitrogens is 2. The molecule has 1 unspecified atom stereocenters. The molecule has 1 saturated heterocycles. The zero-order valence-corrected chi connectivity index (χ0v) is 14.8. The van der Waals surface area contributed by atoms with Crippen molar-refractivity contribution in [1.82, 2.24) is 14.3 Å². The highest BCUT2D eigenvalue weighted by molar-refractivity contribution is 7.99. The van der Waals surface area contributed by atoms with Crippen LogP contribution in [0.5, 0.6) is 0 Å². The van der Waals surface area contributed by atoms with Crippen molar-refractivity contribution >= 4 is 34.0 Å². The summed E-state index contributed by atoms with van der Waals surface area (Å²) in [6.07, 6.45) is 3.51. The largest absolute Gasteiger partial charge is 0.383 e. The lowest BCUT2D eigenvalue weighted by molar-refractivity contribution is 0.0624. The van der Waals surface area contributed by atoms with Crippen molar-refractivity contribution in [3.8, 4) is 0 Å². The number of rotatable bonds is 5. The van der Waals surface area contributed by atoms with Gasteiger partial charge in [0, 0.05) is 25.2 Å². The topological polar surface area (TPSA) is 63.9 Å². The van der Waals surface area contributed by atoms with Crippen molar-refractivity contribution in [2.75, 3.05) is 26.0 Å². The van der Waals surface area contributed by atoms with E-state index < -0.39 is 0 Å². The maximum atomic E-state index is 13.0. The van der Waals surface area contributed by atoms with Gasteiger partial charge in [-0.1, -0.05) is 6.92 Å². The Balaban J connectivity index is 2.06. The summed E-state index contributed by atoms with van der Waals surface area (Å²) in [5.41, 5.74) is -0.0870. The number of hydrogen-bond donors (Lipinski definition) is 0. The van der Waals surface area contributed by atoms with Gasteiger partial charge in [-0.05, 0) is 18.6 Å². The van der Waals surface area contributed by atoms with Crippen LogP contribution < -0.4 is 5.56 Å². The van der Waals surface area contributed by atoms with Crippen LogP contribution in [0.2, 0.25) is 0 Å². The van der Waals surface area contributed by atoms with Crippen molar-refractivity contribution in [1.29, 1.82) is 0 Å². The number of carbonyl (C=O) groups is 1. The first-order chi connectivity index (χ1) is 11.2. The minimum atomic E-state index is -0.278. The van der Waals surface area contributed by atoms with Crippen molar-refractivity contribution < 1.29 is 9.53 Å². The van der Waals surface area contributed by atoms with E-state index in [2.05, 4.69) is 4.98 Å². The van der Waals surface area contributed by atoms with Crippen molar-refractivity contribution in [3.05, 3.63) is 27.5 Å². The van der Waals surface area contributed by atoms with Crippen LogP contribution in [0.15, 0.2) is 21.4 Å². The monoisotopic (exact) mass is 353 g/mol. The molecule has 0 aromatic carbocycles. The van der Waals surface area contributed by atoms with Crippen LogP contribution in [0.3, 0.4) is 0 Å². The normalized spacial score (nSPS) is 18.0. The molecule has 2 aromatic heterocycles. The predicted molar refractivity (Wildman–Crippen MR) is 91.7 cm³/mol. The third-order valence-corrected chi connectivity index (χ3v) is 5.54. The highest BCUT2D eigenvalue weighted by atomic mass is 32.2. The van der Waals surface area contributed by atoms with E-state index in [1.165, 1.54) is 27.5 Å². The van der Waals surface area contributed by atoms with Gasteiger partial charge in [0.25, 0.3) is 11.5 Å². The molecule has 23 heavy (non-hydrogen) atoms. The van der Waals surface area contributed by atoms with Gasteiger partial charge in [0.15, 0.2) is 4.96 Å². The summed E-state index contributed by atoms with van der Waals surface area (Å²) in [6, 6.07) is 0.0366. The van der Waals surface area contributed by atoms with E-state index in [1.807, 2.05) is 12.3 Å². The van der Waals surface area contributed by atoms with E-state index in [1.54, 1.807) is 18.2 Å². The lowest BCUT2D eigenvalue weighted by Gasteiger charge is -2.24. The first-order valence-electron chi connectivity index (χ1n) is 7.60. The van der Waals surface area contributed by atoms with Gasteiger partial charge in [-0.3, -0.25) is 14.0 Å². The maximum Gasteiger partial charge on any atom is 0.272 e. The van der Waals surface area contributed by atoms with Crippen LogP contribution in [0, 0.1) is 0 Å². The Labute approximate surface area is 142 Å². The first kappa shape index (κ1) is 16.5. The Morgan fingerprint density at radius 2 is 2.39 bits per heavy atom. The summed E-state index contributed by atoms with van der Waals surface area (Å²) in [6.45, 7) is 3.15. The second kappa shape index (κ2) is 7.02. The Hall–Kier alpha value is -1.38. The molecule has 0 N–H and O–H groups in total. The van der Waals surface area contributed by atoms with E-state index in [-0.39, 0.29) is 23.1 Å². The Morgan fingerprint density at radius 3 is 3.13 bits per heavy atom. The van der Waals surface area contributed by atoms with Gasteiger partial charge in [0.1, 0.15) is 10.6 Å². The molecule has 0 spiro atoms. The third kappa shape index (κ3) is 3.02. The molecule has 1 amide bonds. The molecule has 1 aliphatic rings. The summed E-state index contributed by atoms with van der Waals surface area (Å²) in [7, 11) is 1.63. The second-order valence-corrected chi connectivity index (χ2v) is 7.46. The van der Waals surface area contributed by atoms with Gasteiger partial charge >= 0.3 is 0 Å². The summed E-state index contributed by atoms with van der Waals surface area (Å²) in [5.74, 6) is 0.536. The van der Waals surface area contributed by atoms with E-state index in [4.69, 9.17) is 4.74 Å². The quantitative estimate of drug-likeness (QED) is 0.609. The van der Waals surface area contributed by atoms with Gasteiger partial charge < -0.3 is 9.64 Å². The molecular weight excluding hydrogens is 334 g/mol. The smallest absolute Gasteiger partial charge is 0.272 e. The van der Waals surface area contributed by atoms with Gasteiger partial charge in [0.2, 0.25) is 0 Å². The van der Waals surface area contributed by atoms with Crippen molar-refractivity contribution in [3.63, 3.8) is 0 Å². The lowest BCUT2D eigenvalue weighted by Crippen LogP contribution is -2.41. The molecule has 1 fully saturated rings. The average Bonchev–Trinajstić information content (AvgIpc) is 3.17. The molecule has 3 rings (SSSR count). The summed E-state index contributed by atoms with van der Waals surface area (Å²) in [5, 5.41) is 2.34. The highest BCUT2D eigenvalue weighted by Crippen LogP contribution is 2.25. The van der Waals surface area contributed by atoms with Crippen LogP contribution in [-0.2, 0) is 4.74 Å². The maximum absolute atomic E-state index is 13.0. The number of amides is 1. The number of thioether (sulfide) groups is 1. The van der Waals surface area contributed by atoms with Crippen LogP contribution >= 0.6 is 23.1 Å². The number of hydrogen-bond acceptors (Lipinski definition) is 6. The zero-order valence-electron chi connectivity index (χ0n) is 13.2. The standard InChI is InChI=1S/C15H19N3O3S2/c1-3-22-12-11(14(20)18-7-8-23-15(18)16-12)13(19)17-6-4-5-10(17)9-21-2/h7-8,10H,3-6,9H2,1-2H3. The van der Waals surface area contributed by atoms with E-state index in [0.717, 1.165) is 18.6 Å². The van der Waals surface area contributed by atoms with Gasteiger partial charge in [-0.2, -0.15) is 0 Å². The third-order valence-electron chi connectivity index (χ3n) is 3.93. The van der Waals surface area contributed by atoms with Crippen LogP contribution in [0.1, 0.15) is 30.1 Å². The van der Waals surface area contributed by atoms with Gasteiger partial charge in [-0.15, -0.1) is 23.1 Å². The summed E-state index contributed by atoms with van der Waals surface area (Å²) < 4.78 is 6.67. The van der Waals surface area contributed by atoms with Crippen molar-refractivity contribution in [2.24, 2.45) is 0 Å². The van der Waals surface area contributed by atoms with E-state index in [9.17, 15) is 9.59 Å². The first-order valence-corrected chi connectivity index (χ1v) is 9.46. The Kier molecular flexibility index (Phi) is 5.03. The minimum Gasteiger partial charge on any atom is -0.383 e. The molecule has 8 heteroatoms. The molecule has 1 aliphatic heterocycles. The summed E-state index contributed by atoms with van der Waals surface area (Å²) in [4.78, 5) is 32.7. The molecule has 0 aliphatic carbocycles. The fourth-order valence-corrected chi connectivity index (χ4v) is 4.41. The number of likely N-dealkylation sites (tertiary alicyclic amines) is 1. The fraction of sp³-hybridized carbons (Fsp3) is 0.533. The molecule has 1 atom stereocenters. The fourth-order valence-electron chi connectivity index (χ4n) is 2.90. The number of methoxy groups -OCH3 is 1. The minimum absolute atomic E-state index is 0.0366. The Morgan fingerprint density at radius 1 is 1.57 bits per heavy atom.